The van der Waals surface area contributed by atoms with Gasteiger partial charge in [0.2, 0.25) is 0 Å². The Morgan fingerprint density at radius 2 is 2.05 bits per heavy atom. The van der Waals surface area contributed by atoms with Crippen LogP contribution in [0.3, 0.4) is 0 Å². The third-order valence-electron chi connectivity index (χ3n) is 3.08. The van der Waals surface area contributed by atoms with Crippen molar-refractivity contribution in [2.24, 2.45) is 0 Å². The summed E-state index contributed by atoms with van der Waals surface area (Å²) in [5.41, 5.74) is 1.78. The van der Waals surface area contributed by atoms with Gasteiger partial charge in [0.25, 0.3) is 0 Å². The maximum Gasteiger partial charge on any atom is 0.184 e. The molecular formula is C14H20IN3O. The van der Waals surface area contributed by atoms with Crippen molar-refractivity contribution in [2.75, 3.05) is 0 Å². The van der Waals surface area contributed by atoms with E-state index in [1.807, 2.05) is 24.3 Å². The molecule has 0 aliphatic heterocycles. The van der Waals surface area contributed by atoms with Gasteiger partial charge in [0.05, 0.1) is 0 Å². The molecule has 19 heavy (non-hydrogen) atoms. The summed E-state index contributed by atoms with van der Waals surface area (Å²) in [7, 11) is 0. The fourth-order valence-electron chi connectivity index (χ4n) is 2.01. The van der Waals surface area contributed by atoms with E-state index in [-0.39, 0.29) is 3.61 Å². The molecule has 1 aromatic heterocycles. The molecule has 0 radical (unpaired) electrons. The van der Waals surface area contributed by atoms with Crippen LogP contribution in [0.5, 0.6) is 0 Å². The Hall–Kier alpha value is -0.850. The van der Waals surface area contributed by atoms with Gasteiger partial charge in [-0.05, 0) is 59.7 Å². The smallest absolute Gasteiger partial charge is 0.184 e. The summed E-state index contributed by atoms with van der Waals surface area (Å²) in [5, 5.41) is 8.16. The number of rotatable bonds is 7. The van der Waals surface area contributed by atoms with Crippen LogP contribution in [0.2, 0.25) is 0 Å². The van der Waals surface area contributed by atoms with E-state index in [2.05, 4.69) is 46.8 Å². The van der Waals surface area contributed by atoms with E-state index in [0.717, 1.165) is 17.5 Å². The van der Waals surface area contributed by atoms with Gasteiger partial charge in [-0.15, -0.1) is 5.10 Å². The number of hydrogen-bond acceptors (Lipinski definition) is 3. The third-order valence-corrected chi connectivity index (χ3v) is 3.81. The molecule has 0 bridgehead atoms. The lowest BCUT2D eigenvalue weighted by Crippen LogP contribution is -2.32. The Bertz CT molecular complexity index is 524. The number of benzene rings is 1. The molecule has 2 rings (SSSR count). The number of hydrogen-bond donors (Lipinski definition) is 0. The number of nitrogens with zero attached hydrogens (tertiary/aromatic N) is 3. The predicted molar refractivity (Wildman–Crippen MR) is 85.3 cm³/mol. The van der Waals surface area contributed by atoms with Crippen LogP contribution in [-0.2, 0) is 0 Å². The Morgan fingerprint density at radius 3 is 2.84 bits per heavy atom. The Kier molecular flexibility index (Phi) is 5.01. The normalized spacial score (nSPS) is 14.5. The van der Waals surface area contributed by atoms with E-state index in [1.54, 1.807) is 4.85 Å². The van der Waals surface area contributed by atoms with Gasteiger partial charge in [0.1, 0.15) is 11.0 Å². The first kappa shape index (κ1) is 14.6. The van der Waals surface area contributed by atoms with Crippen molar-refractivity contribution >= 4 is 33.6 Å². The summed E-state index contributed by atoms with van der Waals surface area (Å²) in [5.74, 6) is 0. The van der Waals surface area contributed by atoms with Gasteiger partial charge in [0.15, 0.2) is 3.61 Å². The van der Waals surface area contributed by atoms with E-state index >= 15 is 0 Å². The van der Waals surface area contributed by atoms with Gasteiger partial charge in [0, 0.05) is 0 Å². The molecule has 0 saturated heterocycles. The zero-order valence-electron chi connectivity index (χ0n) is 11.5. The van der Waals surface area contributed by atoms with Gasteiger partial charge in [-0.3, -0.25) is 0 Å². The standard InChI is InChI=1S/C14H20IN3O/c1-3-4-5-8-11-14(2,15)19-18-13-10-7-6-9-12(13)16-17-18/h6-7,9-10H,3-5,8,11H2,1-2H3. The number of aromatic nitrogens is 3. The van der Waals surface area contributed by atoms with Crippen molar-refractivity contribution in [3.8, 4) is 0 Å². The molecule has 2 aromatic rings. The number of para-hydroxylation sites is 1. The topological polar surface area (TPSA) is 39.9 Å². The molecule has 0 amide bonds. The van der Waals surface area contributed by atoms with Crippen LogP contribution in [0.1, 0.15) is 46.0 Å². The maximum atomic E-state index is 5.97. The predicted octanol–water partition coefficient (Wildman–Crippen LogP) is 3.98. The van der Waals surface area contributed by atoms with Gasteiger partial charge >= 0.3 is 0 Å². The van der Waals surface area contributed by atoms with Gasteiger partial charge in [-0.25, -0.2) is 0 Å². The number of alkyl halides is 1. The third kappa shape index (κ3) is 4.06. The highest BCUT2D eigenvalue weighted by molar-refractivity contribution is 14.1. The zero-order chi connectivity index (χ0) is 13.7. The number of fused-ring (bicyclic) bond motifs is 1. The SMILES string of the molecule is CCCCCCC(C)(I)On1nnc2ccccc21. The molecule has 0 fully saturated rings. The zero-order valence-corrected chi connectivity index (χ0v) is 13.6. The molecule has 0 aliphatic rings. The van der Waals surface area contributed by atoms with Gasteiger partial charge in [-0.1, -0.05) is 43.2 Å². The molecule has 0 spiro atoms. The summed E-state index contributed by atoms with van der Waals surface area (Å²) in [6, 6.07) is 7.83. The van der Waals surface area contributed by atoms with E-state index in [0.29, 0.717) is 0 Å². The van der Waals surface area contributed by atoms with Crippen molar-refractivity contribution in [3.05, 3.63) is 24.3 Å². The molecule has 1 atom stereocenters. The Balaban J connectivity index is 1.99. The molecule has 1 aromatic carbocycles. The molecule has 0 aliphatic carbocycles. The largest absolute Gasteiger partial charge is 0.378 e. The summed E-state index contributed by atoms with van der Waals surface area (Å²) >= 11 is 2.35. The van der Waals surface area contributed by atoms with Crippen LogP contribution in [0.4, 0.5) is 0 Å². The summed E-state index contributed by atoms with van der Waals surface area (Å²) in [4.78, 5) is 7.51. The van der Waals surface area contributed by atoms with Crippen LogP contribution in [0, 0.1) is 0 Å². The van der Waals surface area contributed by atoms with Crippen LogP contribution in [-0.4, -0.2) is 18.8 Å². The highest BCUT2D eigenvalue weighted by Crippen LogP contribution is 2.25. The molecule has 104 valence electrons. The quantitative estimate of drug-likeness (QED) is 0.419. The van der Waals surface area contributed by atoms with E-state index in [4.69, 9.17) is 4.84 Å². The summed E-state index contributed by atoms with van der Waals surface area (Å²) < 4.78 is -0.248. The van der Waals surface area contributed by atoms with E-state index in [9.17, 15) is 0 Å². The number of unbranched alkanes of at least 4 members (excludes halogenated alkanes) is 3. The van der Waals surface area contributed by atoms with Crippen LogP contribution >= 0.6 is 22.6 Å². The first-order chi connectivity index (χ1) is 9.12. The first-order valence-corrected chi connectivity index (χ1v) is 7.89. The van der Waals surface area contributed by atoms with Crippen molar-refractivity contribution < 1.29 is 4.84 Å². The lowest BCUT2D eigenvalue weighted by atomic mass is 10.1. The molecule has 0 saturated carbocycles. The monoisotopic (exact) mass is 373 g/mol. The highest BCUT2D eigenvalue weighted by Gasteiger charge is 2.23. The maximum absolute atomic E-state index is 5.97. The average Bonchev–Trinajstić information content (AvgIpc) is 2.78. The number of halogens is 1. The van der Waals surface area contributed by atoms with Crippen LogP contribution < -0.4 is 4.84 Å². The Labute approximate surface area is 127 Å². The molecule has 4 nitrogen and oxygen atoms in total. The minimum absolute atomic E-state index is 0.248. The first-order valence-electron chi connectivity index (χ1n) is 6.81. The van der Waals surface area contributed by atoms with Gasteiger partial charge in [-0.2, -0.15) is 0 Å². The summed E-state index contributed by atoms with van der Waals surface area (Å²) in [6.07, 6.45) is 6.00. The second kappa shape index (κ2) is 6.54. The second-order valence-electron chi connectivity index (χ2n) is 4.95. The minimum atomic E-state index is -0.248. The summed E-state index contributed by atoms with van der Waals surface area (Å²) in [6.45, 7) is 4.32. The lowest BCUT2D eigenvalue weighted by Gasteiger charge is -2.23. The second-order valence-corrected chi connectivity index (χ2v) is 7.24. The van der Waals surface area contributed by atoms with Crippen molar-refractivity contribution in [1.82, 2.24) is 15.2 Å². The van der Waals surface area contributed by atoms with Crippen molar-refractivity contribution in [2.45, 2.75) is 49.6 Å². The minimum Gasteiger partial charge on any atom is -0.378 e. The molecule has 0 N–H and O–H groups in total. The molecule has 5 heteroatoms. The lowest BCUT2D eigenvalue weighted by molar-refractivity contribution is 0.0126. The fourth-order valence-corrected chi connectivity index (χ4v) is 2.58. The van der Waals surface area contributed by atoms with Crippen molar-refractivity contribution in [3.63, 3.8) is 0 Å². The average molecular weight is 373 g/mol. The van der Waals surface area contributed by atoms with E-state index in [1.165, 1.54) is 25.7 Å². The van der Waals surface area contributed by atoms with Crippen LogP contribution in [0.15, 0.2) is 24.3 Å². The molecule has 1 unspecified atom stereocenters. The van der Waals surface area contributed by atoms with Crippen LogP contribution in [0.25, 0.3) is 11.0 Å². The van der Waals surface area contributed by atoms with Crippen molar-refractivity contribution in [1.29, 1.82) is 0 Å². The van der Waals surface area contributed by atoms with Gasteiger partial charge < -0.3 is 4.84 Å². The Morgan fingerprint density at radius 1 is 1.26 bits per heavy atom. The highest BCUT2D eigenvalue weighted by atomic mass is 127. The molecule has 1 heterocycles. The fraction of sp³-hybridized carbons (Fsp3) is 0.571. The van der Waals surface area contributed by atoms with E-state index < -0.39 is 0 Å². The molecular weight excluding hydrogens is 353 g/mol.